The largest absolute Gasteiger partial charge is 0.150 e. The summed E-state index contributed by atoms with van der Waals surface area (Å²) in [6.45, 7) is 0. The van der Waals surface area contributed by atoms with Gasteiger partial charge in [0.25, 0.3) is 0 Å². The van der Waals surface area contributed by atoms with Crippen LogP contribution in [0.3, 0.4) is 0 Å². The van der Waals surface area contributed by atoms with E-state index in [0.717, 1.165) is 67.3 Å². The van der Waals surface area contributed by atoms with Gasteiger partial charge in [-0.2, -0.15) is 0 Å². The summed E-state index contributed by atoms with van der Waals surface area (Å²) in [7, 11) is 0. The molecule has 0 aliphatic rings. The van der Waals surface area contributed by atoms with Crippen LogP contribution in [0.15, 0.2) is 158 Å². The molecule has 0 fully saturated rings. The van der Waals surface area contributed by atoms with E-state index in [1.54, 1.807) is 0 Å². The Balaban J connectivity index is 1.35. The molecule has 42 heavy (non-hydrogen) atoms. The molecule has 0 N–H and O–H groups in total. The van der Waals surface area contributed by atoms with Crippen molar-refractivity contribution < 1.29 is 0 Å². The van der Waals surface area contributed by atoms with Crippen LogP contribution in [0.2, 0.25) is 0 Å². The van der Waals surface area contributed by atoms with Gasteiger partial charge < -0.3 is 0 Å². The first-order valence-electron chi connectivity index (χ1n) is 13.9. The summed E-state index contributed by atoms with van der Waals surface area (Å²) in [6, 6.07) is 53.7. The van der Waals surface area contributed by atoms with Crippen LogP contribution in [-0.2, 0) is 0 Å². The van der Waals surface area contributed by atoms with Crippen LogP contribution >= 0.6 is 0 Å². The summed E-state index contributed by atoms with van der Waals surface area (Å²) in [5.74, 6) is 0. The highest BCUT2D eigenvalue weighted by Gasteiger charge is 2.16. The maximum absolute atomic E-state index is 4.71. The van der Waals surface area contributed by atoms with E-state index >= 15 is 0 Å². The van der Waals surface area contributed by atoms with E-state index in [0.29, 0.717) is 0 Å². The zero-order valence-electron chi connectivity index (χ0n) is 22.8. The molecule has 0 aliphatic heterocycles. The average molecular weight is 539 g/mol. The molecule has 7 aromatic rings. The molecule has 7 rings (SSSR count). The zero-order chi connectivity index (χ0) is 28.1. The number of aromatic nitrogens is 4. The maximum Gasteiger partial charge on any atom is 0.101 e. The highest BCUT2D eigenvalue weighted by atomic mass is 15.1. The molecule has 0 aliphatic carbocycles. The van der Waals surface area contributed by atoms with E-state index in [2.05, 4.69) is 95.1 Å². The molecule has 0 spiro atoms. The van der Waals surface area contributed by atoms with Gasteiger partial charge in [-0.3, -0.25) is 0 Å². The number of hydrogen-bond acceptors (Lipinski definition) is 4. The molecule has 0 amide bonds. The minimum absolute atomic E-state index is 0.839. The number of nitrogens with zero attached hydrogens (tertiary/aromatic N) is 4. The minimum atomic E-state index is 0.839. The molecule has 0 saturated carbocycles. The van der Waals surface area contributed by atoms with E-state index in [-0.39, 0.29) is 0 Å². The van der Waals surface area contributed by atoms with Gasteiger partial charge in [-0.05, 0) is 23.3 Å². The van der Waals surface area contributed by atoms with E-state index in [4.69, 9.17) is 10.2 Å². The first kappa shape index (κ1) is 25.2. The standard InChI is InChI=1S/C38H26N4/c1-5-13-29(14-6-1)35-25-33(37(41-39-35)31-17-9-3-10-18-31)27-21-23-28(24-22-27)34-26-36(30-15-7-2-8-16-30)40-42-38(34)32-19-11-4-12-20-32/h1-26H. The highest BCUT2D eigenvalue weighted by molar-refractivity contribution is 5.87. The van der Waals surface area contributed by atoms with Gasteiger partial charge in [-0.1, -0.05) is 146 Å². The Morgan fingerprint density at radius 2 is 0.571 bits per heavy atom. The lowest BCUT2D eigenvalue weighted by Gasteiger charge is -2.13. The van der Waals surface area contributed by atoms with Crippen molar-refractivity contribution in [3.05, 3.63) is 158 Å². The average Bonchev–Trinajstić information content (AvgIpc) is 3.09. The quantitative estimate of drug-likeness (QED) is 0.212. The molecule has 0 saturated heterocycles. The molecule has 0 radical (unpaired) electrons. The second kappa shape index (κ2) is 11.4. The fraction of sp³-hybridized carbons (Fsp3) is 0. The van der Waals surface area contributed by atoms with Gasteiger partial charge in [0.15, 0.2) is 0 Å². The third-order valence-electron chi connectivity index (χ3n) is 7.33. The second-order valence-corrected chi connectivity index (χ2v) is 10.0. The fourth-order valence-electron chi connectivity index (χ4n) is 5.17. The third kappa shape index (κ3) is 5.09. The van der Waals surface area contributed by atoms with Gasteiger partial charge in [0.1, 0.15) is 11.4 Å². The lowest BCUT2D eigenvalue weighted by atomic mass is 9.94. The molecule has 2 aromatic heterocycles. The predicted molar refractivity (Wildman–Crippen MR) is 170 cm³/mol. The Labute approximate surface area is 245 Å². The molecular weight excluding hydrogens is 512 g/mol. The SMILES string of the molecule is c1ccc(-c2cc(-c3ccc(-c4cc(-c5ccccc5)nnc4-c4ccccc4)cc3)c(-c3ccccc3)nn2)cc1. The summed E-state index contributed by atoms with van der Waals surface area (Å²) in [5.41, 5.74) is 11.7. The summed E-state index contributed by atoms with van der Waals surface area (Å²) in [6.07, 6.45) is 0. The summed E-state index contributed by atoms with van der Waals surface area (Å²) >= 11 is 0. The predicted octanol–water partition coefficient (Wildman–Crippen LogP) is 9.27. The van der Waals surface area contributed by atoms with Crippen molar-refractivity contribution in [1.29, 1.82) is 0 Å². The van der Waals surface area contributed by atoms with Crippen LogP contribution in [0.1, 0.15) is 0 Å². The lowest BCUT2D eigenvalue weighted by molar-refractivity contribution is 1.05. The minimum Gasteiger partial charge on any atom is -0.150 e. The van der Waals surface area contributed by atoms with Crippen molar-refractivity contribution >= 4 is 0 Å². The summed E-state index contributed by atoms with van der Waals surface area (Å²) in [5, 5.41) is 18.6. The Bertz CT molecular complexity index is 1790. The molecular formula is C38H26N4. The fourth-order valence-corrected chi connectivity index (χ4v) is 5.17. The monoisotopic (exact) mass is 538 g/mol. The zero-order valence-corrected chi connectivity index (χ0v) is 22.8. The van der Waals surface area contributed by atoms with E-state index in [1.807, 2.05) is 72.8 Å². The van der Waals surface area contributed by atoms with Crippen LogP contribution in [-0.4, -0.2) is 20.4 Å². The van der Waals surface area contributed by atoms with Crippen molar-refractivity contribution in [3.8, 4) is 67.3 Å². The first-order valence-corrected chi connectivity index (χ1v) is 13.9. The van der Waals surface area contributed by atoms with Crippen LogP contribution < -0.4 is 0 Å². The van der Waals surface area contributed by atoms with Gasteiger partial charge in [-0.15, -0.1) is 20.4 Å². The van der Waals surface area contributed by atoms with Gasteiger partial charge in [0, 0.05) is 33.4 Å². The number of rotatable bonds is 6. The van der Waals surface area contributed by atoms with E-state index in [9.17, 15) is 0 Å². The molecule has 0 unspecified atom stereocenters. The van der Waals surface area contributed by atoms with Crippen LogP contribution in [0, 0.1) is 0 Å². The molecule has 4 nitrogen and oxygen atoms in total. The second-order valence-electron chi connectivity index (χ2n) is 10.0. The normalized spacial score (nSPS) is 10.9. The van der Waals surface area contributed by atoms with Crippen LogP contribution in [0.4, 0.5) is 0 Å². The molecule has 198 valence electrons. The van der Waals surface area contributed by atoms with Crippen LogP contribution in [0.25, 0.3) is 67.3 Å². The van der Waals surface area contributed by atoms with Crippen molar-refractivity contribution in [2.24, 2.45) is 0 Å². The third-order valence-corrected chi connectivity index (χ3v) is 7.33. The highest BCUT2D eigenvalue weighted by Crippen LogP contribution is 2.36. The van der Waals surface area contributed by atoms with E-state index in [1.165, 1.54) is 0 Å². The topological polar surface area (TPSA) is 51.6 Å². The number of benzene rings is 5. The van der Waals surface area contributed by atoms with Gasteiger partial charge in [-0.25, -0.2) is 0 Å². The smallest absolute Gasteiger partial charge is 0.101 e. The van der Waals surface area contributed by atoms with Crippen molar-refractivity contribution in [3.63, 3.8) is 0 Å². The van der Waals surface area contributed by atoms with Gasteiger partial charge in [0.2, 0.25) is 0 Å². The lowest BCUT2D eigenvalue weighted by Crippen LogP contribution is -1.97. The van der Waals surface area contributed by atoms with Crippen LogP contribution in [0.5, 0.6) is 0 Å². The van der Waals surface area contributed by atoms with Crippen molar-refractivity contribution in [2.75, 3.05) is 0 Å². The van der Waals surface area contributed by atoms with Crippen molar-refractivity contribution in [2.45, 2.75) is 0 Å². The molecule has 0 bridgehead atoms. The summed E-state index contributed by atoms with van der Waals surface area (Å²) < 4.78 is 0. The number of hydrogen-bond donors (Lipinski definition) is 0. The molecule has 2 heterocycles. The van der Waals surface area contributed by atoms with E-state index < -0.39 is 0 Å². The first-order chi connectivity index (χ1) is 20.8. The summed E-state index contributed by atoms with van der Waals surface area (Å²) in [4.78, 5) is 0. The molecule has 4 heteroatoms. The van der Waals surface area contributed by atoms with Gasteiger partial charge >= 0.3 is 0 Å². The van der Waals surface area contributed by atoms with Crippen molar-refractivity contribution in [1.82, 2.24) is 20.4 Å². The van der Waals surface area contributed by atoms with Gasteiger partial charge in [0.05, 0.1) is 11.4 Å². The Hall–Kier alpha value is -5.74. The molecule has 0 atom stereocenters. The maximum atomic E-state index is 4.71. The molecule has 5 aromatic carbocycles. The Morgan fingerprint density at radius 3 is 0.905 bits per heavy atom. The Morgan fingerprint density at radius 1 is 0.262 bits per heavy atom. The Kier molecular flexibility index (Phi) is 6.85.